The number of nitrogens with one attached hydrogen (secondary N) is 1. The normalized spacial score (nSPS) is 11.2. The number of aromatic amines is 1. The maximum atomic E-state index is 12.3. The molecule has 0 spiro atoms. The molecule has 126 valence electrons. The summed E-state index contributed by atoms with van der Waals surface area (Å²) in [7, 11) is 1.53. The Morgan fingerprint density at radius 1 is 1.21 bits per heavy atom. The van der Waals surface area contributed by atoms with Crippen LogP contribution in [0, 0.1) is 0 Å². The van der Waals surface area contributed by atoms with Gasteiger partial charge in [0.2, 0.25) is 0 Å². The molecule has 3 rings (SSSR count). The van der Waals surface area contributed by atoms with Gasteiger partial charge in [-0.25, -0.2) is 4.98 Å². The highest BCUT2D eigenvalue weighted by Crippen LogP contribution is 2.21. The van der Waals surface area contributed by atoms with E-state index in [0.29, 0.717) is 12.1 Å². The number of aryl methyl sites for hydroxylation is 3. The second-order valence-electron chi connectivity index (χ2n) is 5.57. The van der Waals surface area contributed by atoms with Crippen LogP contribution in [0.1, 0.15) is 18.9 Å². The van der Waals surface area contributed by atoms with Crippen molar-refractivity contribution in [1.29, 1.82) is 0 Å². The molecule has 0 saturated carbocycles. The fraction of sp³-hybridized carbons (Fsp3) is 0.353. The molecule has 2 heterocycles. The summed E-state index contributed by atoms with van der Waals surface area (Å²) >= 11 is 1.55. The Morgan fingerprint density at radius 3 is 2.67 bits per heavy atom. The van der Waals surface area contributed by atoms with Crippen molar-refractivity contribution in [1.82, 2.24) is 19.3 Å². The lowest BCUT2D eigenvalue weighted by molar-refractivity contribution is 0.606. The SMILES string of the molecule is CCSc1nc2c(=O)n(C)[nH]c(=O)c2n1CCCc1ccccc1. The average Bonchev–Trinajstić information content (AvgIpc) is 2.93. The van der Waals surface area contributed by atoms with E-state index >= 15 is 0 Å². The predicted molar refractivity (Wildman–Crippen MR) is 96.8 cm³/mol. The summed E-state index contributed by atoms with van der Waals surface area (Å²) in [5.74, 6) is 0.834. The number of hydrogen-bond donors (Lipinski definition) is 1. The van der Waals surface area contributed by atoms with E-state index in [2.05, 4.69) is 22.2 Å². The van der Waals surface area contributed by atoms with Gasteiger partial charge in [-0.3, -0.25) is 19.4 Å². The molecule has 3 aromatic rings. The second-order valence-corrected chi connectivity index (χ2v) is 6.80. The molecule has 6 nitrogen and oxygen atoms in total. The van der Waals surface area contributed by atoms with Crippen LogP contribution in [0.25, 0.3) is 11.0 Å². The Morgan fingerprint density at radius 2 is 1.96 bits per heavy atom. The quantitative estimate of drug-likeness (QED) is 0.696. The molecule has 1 N–H and O–H groups in total. The molecule has 0 fully saturated rings. The van der Waals surface area contributed by atoms with Crippen molar-refractivity contribution in [3.05, 3.63) is 56.6 Å². The number of imidazole rings is 1. The van der Waals surface area contributed by atoms with Gasteiger partial charge in [-0.05, 0) is 24.2 Å². The third-order valence-electron chi connectivity index (χ3n) is 3.89. The standard InChI is InChI=1S/C17H20N4O2S/c1-3-24-17-18-13-14(15(22)19-20(2)16(13)23)21(17)11-7-10-12-8-5-4-6-9-12/h4-6,8-9H,3,7,10-11H2,1-2H3,(H,19,22). The van der Waals surface area contributed by atoms with Gasteiger partial charge >= 0.3 is 0 Å². The van der Waals surface area contributed by atoms with E-state index in [1.807, 2.05) is 29.7 Å². The molecule has 0 aliphatic heterocycles. The van der Waals surface area contributed by atoms with E-state index in [1.54, 1.807) is 11.8 Å². The first-order valence-electron chi connectivity index (χ1n) is 7.98. The van der Waals surface area contributed by atoms with E-state index in [-0.39, 0.29) is 16.6 Å². The van der Waals surface area contributed by atoms with Crippen LogP contribution < -0.4 is 11.1 Å². The Hall–Kier alpha value is -2.28. The Balaban J connectivity index is 1.96. The number of H-pyrrole nitrogens is 1. The van der Waals surface area contributed by atoms with Gasteiger partial charge in [0.05, 0.1) is 0 Å². The lowest BCUT2D eigenvalue weighted by atomic mass is 10.1. The van der Waals surface area contributed by atoms with Crippen LogP contribution >= 0.6 is 11.8 Å². The molecule has 0 unspecified atom stereocenters. The second kappa shape index (κ2) is 7.09. The summed E-state index contributed by atoms with van der Waals surface area (Å²) in [6.45, 7) is 2.69. The van der Waals surface area contributed by atoms with Gasteiger partial charge in [-0.1, -0.05) is 49.0 Å². The minimum absolute atomic E-state index is 0.247. The monoisotopic (exact) mass is 344 g/mol. The fourth-order valence-corrected chi connectivity index (χ4v) is 3.51. The molecule has 0 amide bonds. The largest absolute Gasteiger partial charge is 0.314 e. The molecule has 0 radical (unpaired) electrons. The third kappa shape index (κ3) is 3.17. The highest BCUT2D eigenvalue weighted by atomic mass is 32.2. The zero-order chi connectivity index (χ0) is 17.1. The Kier molecular flexibility index (Phi) is 4.89. The molecule has 0 bridgehead atoms. The van der Waals surface area contributed by atoms with Crippen LogP contribution in [0.5, 0.6) is 0 Å². The highest BCUT2D eigenvalue weighted by molar-refractivity contribution is 7.99. The van der Waals surface area contributed by atoms with Gasteiger partial charge in [0.25, 0.3) is 11.1 Å². The maximum absolute atomic E-state index is 12.3. The first kappa shape index (κ1) is 16.6. The van der Waals surface area contributed by atoms with Crippen molar-refractivity contribution < 1.29 is 0 Å². The molecule has 1 aromatic carbocycles. The first-order valence-corrected chi connectivity index (χ1v) is 8.96. The Labute approximate surface area is 143 Å². The lowest BCUT2D eigenvalue weighted by Gasteiger charge is -2.08. The molecule has 0 aliphatic rings. The summed E-state index contributed by atoms with van der Waals surface area (Å²) in [6.07, 6.45) is 1.79. The van der Waals surface area contributed by atoms with E-state index in [4.69, 9.17) is 0 Å². The maximum Gasteiger partial charge on any atom is 0.293 e. The molecule has 0 saturated heterocycles. The van der Waals surface area contributed by atoms with Crippen molar-refractivity contribution in [3.8, 4) is 0 Å². The molecule has 24 heavy (non-hydrogen) atoms. The number of benzene rings is 1. The number of fused-ring (bicyclic) bond motifs is 1. The molecule has 0 atom stereocenters. The summed E-state index contributed by atoms with van der Waals surface area (Å²) in [6, 6.07) is 10.2. The number of aromatic nitrogens is 4. The summed E-state index contributed by atoms with van der Waals surface area (Å²) in [5.41, 5.74) is 1.34. The number of hydrogen-bond acceptors (Lipinski definition) is 4. The summed E-state index contributed by atoms with van der Waals surface area (Å²) < 4.78 is 3.07. The van der Waals surface area contributed by atoms with E-state index in [9.17, 15) is 9.59 Å². The van der Waals surface area contributed by atoms with Crippen LogP contribution in [-0.4, -0.2) is 25.1 Å². The van der Waals surface area contributed by atoms with Crippen LogP contribution in [0.2, 0.25) is 0 Å². The molecule has 2 aromatic heterocycles. The fourth-order valence-electron chi connectivity index (χ4n) is 2.76. The van der Waals surface area contributed by atoms with Gasteiger partial charge in [0.15, 0.2) is 10.7 Å². The Bertz CT molecular complexity index is 956. The summed E-state index contributed by atoms with van der Waals surface area (Å²) in [4.78, 5) is 29.0. The number of rotatable bonds is 6. The van der Waals surface area contributed by atoms with Gasteiger partial charge in [0.1, 0.15) is 5.52 Å². The lowest BCUT2D eigenvalue weighted by Crippen LogP contribution is -2.28. The molecular formula is C17H20N4O2S. The van der Waals surface area contributed by atoms with E-state index in [0.717, 1.165) is 23.8 Å². The zero-order valence-electron chi connectivity index (χ0n) is 13.8. The van der Waals surface area contributed by atoms with Crippen molar-refractivity contribution in [3.63, 3.8) is 0 Å². The van der Waals surface area contributed by atoms with Crippen LogP contribution in [0.4, 0.5) is 0 Å². The van der Waals surface area contributed by atoms with Gasteiger partial charge in [-0.2, -0.15) is 0 Å². The minimum atomic E-state index is -0.276. The van der Waals surface area contributed by atoms with E-state index < -0.39 is 0 Å². The van der Waals surface area contributed by atoms with Crippen molar-refractivity contribution in [2.75, 3.05) is 5.75 Å². The minimum Gasteiger partial charge on any atom is -0.314 e. The number of nitrogens with zero attached hydrogens (tertiary/aromatic N) is 3. The zero-order valence-corrected chi connectivity index (χ0v) is 14.6. The molecule has 0 aliphatic carbocycles. The van der Waals surface area contributed by atoms with Gasteiger partial charge in [-0.15, -0.1) is 0 Å². The smallest absolute Gasteiger partial charge is 0.293 e. The van der Waals surface area contributed by atoms with Gasteiger partial charge < -0.3 is 4.57 Å². The van der Waals surface area contributed by atoms with Gasteiger partial charge in [0, 0.05) is 13.6 Å². The highest BCUT2D eigenvalue weighted by Gasteiger charge is 2.17. The van der Waals surface area contributed by atoms with E-state index in [1.165, 1.54) is 17.3 Å². The van der Waals surface area contributed by atoms with Crippen LogP contribution in [0.3, 0.4) is 0 Å². The van der Waals surface area contributed by atoms with Crippen LogP contribution in [0.15, 0.2) is 45.1 Å². The van der Waals surface area contributed by atoms with Crippen molar-refractivity contribution in [2.45, 2.75) is 31.5 Å². The van der Waals surface area contributed by atoms with Crippen molar-refractivity contribution in [2.24, 2.45) is 7.05 Å². The van der Waals surface area contributed by atoms with Crippen molar-refractivity contribution >= 4 is 22.8 Å². The molecule has 7 heteroatoms. The topological polar surface area (TPSA) is 72.7 Å². The predicted octanol–water partition coefficient (Wildman–Crippen LogP) is 2.17. The molecular weight excluding hydrogens is 324 g/mol. The summed E-state index contributed by atoms with van der Waals surface area (Å²) in [5, 5.41) is 3.29. The average molecular weight is 344 g/mol. The number of thioether (sulfide) groups is 1. The van der Waals surface area contributed by atoms with Crippen LogP contribution in [-0.2, 0) is 20.0 Å². The third-order valence-corrected chi connectivity index (χ3v) is 4.75. The first-order chi connectivity index (χ1) is 11.6.